The zero-order valence-corrected chi connectivity index (χ0v) is 19.9. The summed E-state index contributed by atoms with van der Waals surface area (Å²) in [5.74, 6) is 2.95. The van der Waals surface area contributed by atoms with Gasteiger partial charge < -0.3 is 19.9 Å². The standard InChI is InChI=1S/C27H40N2O3/c1-18-8-9-22-26(2,21(18)12-15-30-20-11-14-29-24(28)16-20)13-10-23-27(22,3)17-31-25(32-23)19-6-4-5-7-19/h11,14,16,19,21-23,25H,1,4-10,12-13,15,17H2,2-3H3,(H2,28,29)/t21-,22?,23-,25-,26+,27+/m1/s1. The fourth-order valence-corrected chi connectivity index (χ4v) is 7.67. The summed E-state index contributed by atoms with van der Waals surface area (Å²) in [6.45, 7) is 11.0. The van der Waals surface area contributed by atoms with Gasteiger partial charge in [0, 0.05) is 23.6 Å². The van der Waals surface area contributed by atoms with Crippen molar-refractivity contribution in [2.75, 3.05) is 18.9 Å². The van der Waals surface area contributed by atoms with Gasteiger partial charge in [-0.25, -0.2) is 4.98 Å². The van der Waals surface area contributed by atoms with Gasteiger partial charge in [0.15, 0.2) is 6.29 Å². The average molecular weight is 441 g/mol. The third kappa shape index (κ3) is 3.86. The minimum absolute atomic E-state index is 0.0236. The molecule has 5 heteroatoms. The van der Waals surface area contributed by atoms with E-state index in [9.17, 15) is 0 Å². The van der Waals surface area contributed by atoms with Gasteiger partial charge >= 0.3 is 0 Å². The molecule has 1 aliphatic heterocycles. The van der Waals surface area contributed by atoms with Crippen molar-refractivity contribution in [3.05, 3.63) is 30.5 Å². The largest absolute Gasteiger partial charge is 0.493 e. The molecule has 5 rings (SSSR count). The Hall–Kier alpha value is -1.59. The van der Waals surface area contributed by atoms with Crippen molar-refractivity contribution in [3.8, 4) is 5.75 Å². The van der Waals surface area contributed by atoms with Crippen LogP contribution in [-0.2, 0) is 9.47 Å². The highest BCUT2D eigenvalue weighted by molar-refractivity contribution is 5.35. The van der Waals surface area contributed by atoms with E-state index >= 15 is 0 Å². The van der Waals surface area contributed by atoms with E-state index in [0.29, 0.717) is 36.3 Å². The summed E-state index contributed by atoms with van der Waals surface area (Å²) in [7, 11) is 0. The highest BCUT2D eigenvalue weighted by Gasteiger charge is 2.60. The van der Waals surface area contributed by atoms with Gasteiger partial charge in [-0.1, -0.05) is 38.8 Å². The maximum atomic E-state index is 6.70. The monoisotopic (exact) mass is 440 g/mol. The van der Waals surface area contributed by atoms with Crippen LogP contribution in [0.1, 0.15) is 71.6 Å². The van der Waals surface area contributed by atoms with E-state index in [0.717, 1.165) is 31.6 Å². The Morgan fingerprint density at radius 1 is 1.19 bits per heavy atom. The molecular weight excluding hydrogens is 400 g/mol. The zero-order valence-electron chi connectivity index (χ0n) is 19.9. The lowest BCUT2D eigenvalue weighted by Crippen LogP contribution is -2.62. The molecule has 2 heterocycles. The summed E-state index contributed by atoms with van der Waals surface area (Å²) in [5, 5.41) is 0. The first kappa shape index (κ1) is 22.2. The Bertz CT molecular complexity index is 838. The molecule has 0 bridgehead atoms. The molecule has 1 unspecified atom stereocenters. The molecule has 3 saturated carbocycles. The molecule has 0 aromatic carbocycles. The number of anilines is 1. The average Bonchev–Trinajstić information content (AvgIpc) is 3.30. The molecule has 3 aliphatic carbocycles. The van der Waals surface area contributed by atoms with Gasteiger partial charge in [-0.15, -0.1) is 0 Å². The molecule has 2 N–H and O–H groups in total. The molecule has 32 heavy (non-hydrogen) atoms. The zero-order chi connectivity index (χ0) is 22.3. The van der Waals surface area contributed by atoms with Crippen LogP contribution in [-0.4, -0.2) is 30.6 Å². The van der Waals surface area contributed by atoms with Gasteiger partial charge in [-0.3, -0.25) is 0 Å². The molecule has 0 spiro atoms. The molecule has 5 nitrogen and oxygen atoms in total. The van der Waals surface area contributed by atoms with Crippen molar-refractivity contribution < 1.29 is 14.2 Å². The lowest BCUT2D eigenvalue weighted by atomic mass is 9.46. The SMILES string of the molecule is C=C1CCC2[C@]3(C)CO[C@@H](C4CCCC4)O[C@@H]3CC[C@@]2(C)[C@@H]1CCOc1ccnc(N)c1. The van der Waals surface area contributed by atoms with Crippen molar-refractivity contribution in [2.24, 2.45) is 28.6 Å². The van der Waals surface area contributed by atoms with Gasteiger partial charge in [0.2, 0.25) is 0 Å². The molecule has 176 valence electrons. The molecule has 1 aromatic heterocycles. The first-order valence-corrected chi connectivity index (χ1v) is 12.7. The van der Waals surface area contributed by atoms with Crippen LogP contribution in [0.2, 0.25) is 0 Å². The van der Waals surface area contributed by atoms with E-state index in [2.05, 4.69) is 25.4 Å². The van der Waals surface area contributed by atoms with Crippen LogP contribution in [0.3, 0.4) is 0 Å². The lowest BCUT2D eigenvalue weighted by Gasteiger charge is -2.63. The Balaban J connectivity index is 1.28. The number of rotatable bonds is 5. The van der Waals surface area contributed by atoms with Crippen LogP contribution in [0.4, 0.5) is 5.82 Å². The maximum Gasteiger partial charge on any atom is 0.160 e. The molecule has 4 fully saturated rings. The molecule has 1 aromatic rings. The summed E-state index contributed by atoms with van der Waals surface area (Å²) in [6, 6.07) is 3.67. The second-order valence-corrected chi connectivity index (χ2v) is 11.3. The van der Waals surface area contributed by atoms with Crippen LogP contribution in [0.15, 0.2) is 30.5 Å². The number of pyridine rings is 1. The summed E-state index contributed by atoms with van der Waals surface area (Å²) in [4.78, 5) is 4.05. The molecular formula is C27H40N2O3. The summed E-state index contributed by atoms with van der Waals surface area (Å²) < 4.78 is 19.2. The second kappa shape index (κ2) is 8.64. The molecule has 0 radical (unpaired) electrons. The Kier molecular flexibility index (Phi) is 6.00. The maximum absolute atomic E-state index is 6.70. The molecule has 4 aliphatic rings. The highest BCUT2D eigenvalue weighted by atomic mass is 16.7. The number of nitrogens with zero attached hydrogens (tertiary/aromatic N) is 1. The number of aromatic nitrogens is 1. The number of ether oxygens (including phenoxy) is 3. The van der Waals surface area contributed by atoms with Gasteiger partial charge in [0.05, 0.1) is 19.3 Å². The van der Waals surface area contributed by atoms with Gasteiger partial charge in [-0.05, 0) is 68.3 Å². The number of allylic oxidation sites excluding steroid dienone is 1. The Morgan fingerprint density at radius 2 is 2.00 bits per heavy atom. The Labute approximate surface area is 193 Å². The minimum atomic E-state index is 0.0236. The molecule has 0 amide bonds. The van der Waals surface area contributed by atoms with Gasteiger partial charge in [0.1, 0.15) is 11.6 Å². The minimum Gasteiger partial charge on any atom is -0.493 e. The number of nitrogen functional groups attached to an aromatic ring is 1. The van der Waals surface area contributed by atoms with Crippen molar-refractivity contribution in [1.82, 2.24) is 4.98 Å². The van der Waals surface area contributed by atoms with E-state index in [1.54, 1.807) is 12.3 Å². The van der Waals surface area contributed by atoms with Crippen molar-refractivity contribution in [3.63, 3.8) is 0 Å². The van der Waals surface area contributed by atoms with E-state index < -0.39 is 0 Å². The fraction of sp³-hybridized carbons (Fsp3) is 0.741. The quantitative estimate of drug-likeness (QED) is 0.590. The third-order valence-electron chi connectivity index (χ3n) is 9.39. The van der Waals surface area contributed by atoms with E-state index in [4.69, 9.17) is 19.9 Å². The first-order valence-electron chi connectivity index (χ1n) is 12.7. The number of hydrogen-bond donors (Lipinski definition) is 1. The van der Waals surface area contributed by atoms with E-state index in [1.807, 2.05) is 6.07 Å². The summed E-state index contributed by atoms with van der Waals surface area (Å²) in [6.07, 6.45) is 12.8. The number of fused-ring (bicyclic) bond motifs is 3. The van der Waals surface area contributed by atoms with Crippen molar-refractivity contribution in [1.29, 1.82) is 0 Å². The Morgan fingerprint density at radius 3 is 2.78 bits per heavy atom. The topological polar surface area (TPSA) is 66.6 Å². The third-order valence-corrected chi connectivity index (χ3v) is 9.39. The van der Waals surface area contributed by atoms with Crippen LogP contribution >= 0.6 is 0 Å². The summed E-state index contributed by atoms with van der Waals surface area (Å²) >= 11 is 0. The number of nitrogens with two attached hydrogens (primary N) is 1. The van der Waals surface area contributed by atoms with Crippen molar-refractivity contribution >= 4 is 5.82 Å². The van der Waals surface area contributed by atoms with E-state index in [1.165, 1.54) is 44.1 Å². The lowest BCUT2D eigenvalue weighted by molar-refractivity contribution is -0.316. The summed E-state index contributed by atoms with van der Waals surface area (Å²) in [5.41, 5.74) is 7.50. The molecule has 6 atom stereocenters. The van der Waals surface area contributed by atoms with Crippen LogP contribution in [0.25, 0.3) is 0 Å². The number of hydrogen-bond acceptors (Lipinski definition) is 5. The van der Waals surface area contributed by atoms with Gasteiger partial charge in [0.25, 0.3) is 0 Å². The van der Waals surface area contributed by atoms with Crippen LogP contribution in [0.5, 0.6) is 5.75 Å². The van der Waals surface area contributed by atoms with Crippen LogP contribution < -0.4 is 10.5 Å². The predicted octanol–water partition coefficient (Wildman–Crippen LogP) is 5.75. The molecule has 1 saturated heterocycles. The van der Waals surface area contributed by atoms with E-state index in [-0.39, 0.29) is 17.1 Å². The van der Waals surface area contributed by atoms with Crippen LogP contribution in [0, 0.1) is 28.6 Å². The van der Waals surface area contributed by atoms with Gasteiger partial charge in [-0.2, -0.15) is 0 Å². The second-order valence-electron chi connectivity index (χ2n) is 11.3. The predicted molar refractivity (Wildman–Crippen MR) is 126 cm³/mol. The smallest absolute Gasteiger partial charge is 0.160 e. The fourth-order valence-electron chi connectivity index (χ4n) is 7.67. The first-order chi connectivity index (χ1) is 15.4. The normalized spacial score (nSPS) is 40.0. The highest BCUT2D eigenvalue weighted by Crippen LogP contribution is 2.63. The van der Waals surface area contributed by atoms with Crippen molar-refractivity contribution in [2.45, 2.75) is 84.0 Å².